The van der Waals surface area contributed by atoms with Gasteiger partial charge in [0.15, 0.2) is 0 Å². The van der Waals surface area contributed by atoms with Crippen molar-refractivity contribution >= 4 is 28.6 Å². The first-order valence-corrected chi connectivity index (χ1v) is 3.09. The van der Waals surface area contributed by atoms with Crippen molar-refractivity contribution in [1.29, 1.82) is 0 Å². The van der Waals surface area contributed by atoms with Gasteiger partial charge < -0.3 is 5.11 Å². The Morgan fingerprint density at radius 2 is 1.77 bits per heavy atom. The molecule has 1 aromatic carbocycles. The average Bonchev–Trinajstić information content (AvgIpc) is 2.04. The highest BCUT2D eigenvalue weighted by atomic mass is 79.9. The van der Waals surface area contributed by atoms with E-state index in [4.69, 9.17) is 5.11 Å². The van der Waals surface area contributed by atoms with Crippen LogP contribution in [0, 0.1) is 10.1 Å². The van der Waals surface area contributed by atoms with Crippen LogP contribution in [0.5, 0.6) is 0 Å². The van der Waals surface area contributed by atoms with E-state index in [9.17, 15) is 14.9 Å². The lowest BCUT2D eigenvalue weighted by Crippen LogP contribution is -1.96. The molecule has 0 amide bonds. The average molecular weight is 248 g/mol. The van der Waals surface area contributed by atoms with Crippen molar-refractivity contribution in [2.75, 3.05) is 0 Å². The van der Waals surface area contributed by atoms with E-state index in [2.05, 4.69) is 0 Å². The zero-order valence-electron chi connectivity index (χ0n) is 6.34. The smallest absolute Gasteiger partial charge is 0.335 e. The van der Waals surface area contributed by atoms with Gasteiger partial charge in [0.05, 0.1) is 10.5 Å². The number of nitro benzene ring substituents is 1. The molecule has 0 saturated heterocycles. The van der Waals surface area contributed by atoms with Gasteiger partial charge in [-0.25, -0.2) is 4.79 Å². The van der Waals surface area contributed by atoms with Gasteiger partial charge in [0.2, 0.25) is 0 Å². The van der Waals surface area contributed by atoms with E-state index >= 15 is 0 Å². The lowest BCUT2D eigenvalue weighted by molar-refractivity contribution is -0.384. The van der Waals surface area contributed by atoms with Crippen LogP contribution in [0.25, 0.3) is 0 Å². The molecule has 0 spiro atoms. The maximum Gasteiger partial charge on any atom is 0.335 e. The summed E-state index contributed by atoms with van der Waals surface area (Å²) in [5.74, 6) is -1.09. The number of carbonyl (C=O) groups is 1. The Hall–Kier alpha value is -1.43. The minimum Gasteiger partial charge on any atom is -0.478 e. The van der Waals surface area contributed by atoms with Gasteiger partial charge in [0.1, 0.15) is 0 Å². The van der Waals surface area contributed by atoms with E-state index in [0.717, 1.165) is 12.1 Å². The maximum atomic E-state index is 10.3. The van der Waals surface area contributed by atoms with Crippen LogP contribution >= 0.6 is 17.0 Å². The van der Waals surface area contributed by atoms with Crippen LogP contribution < -0.4 is 0 Å². The number of rotatable bonds is 2. The summed E-state index contributed by atoms with van der Waals surface area (Å²) in [7, 11) is 0. The number of halogens is 1. The van der Waals surface area contributed by atoms with Gasteiger partial charge in [-0.2, -0.15) is 0 Å². The molecule has 0 radical (unpaired) electrons. The second-order valence-electron chi connectivity index (χ2n) is 2.11. The zero-order valence-corrected chi connectivity index (χ0v) is 8.05. The second kappa shape index (κ2) is 4.56. The van der Waals surface area contributed by atoms with E-state index in [1.165, 1.54) is 12.1 Å². The number of nitro groups is 1. The number of carboxylic acids is 1. The third kappa shape index (κ3) is 2.83. The molecular weight excluding hydrogens is 242 g/mol. The van der Waals surface area contributed by atoms with Gasteiger partial charge in [-0.1, -0.05) is 0 Å². The first kappa shape index (κ1) is 11.6. The highest BCUT2D eigenvalue weighted by molar-refractivity contribution is 8.93. The van der Waals surface area contributed by atoms with Crippen LogP contribution in [0.4, 0.5) is 5.69 Å². The van der Waals surface area contributed by atoms with E-state index in [1.54, 1.807) is 0 Å². The van der Waals surface area contributed by atoms with Crippen molar-refractivity contribution in [3.63, 3.8) is 0 Å². The summed E-state index contributed by atoms with van der Waals surface area (Å²) in [6.07, 6.45) is 0. The fourth-order valence-electron chi connectivity index (χ4n) is 0.726. The lowest BCUT2D eigenvalue weighted by atomic mass is 10.2. The Kier molecular flexibility index (Phi) is 4.06. The number of aromatic carboxylic acids is 1. The van der Waals surface area contributed by atoms with Crippen molar-refractivity contribution in [2.45, 2.75) is 0 Å². The third-order valence-electron chi connectivity index (χ3n) is 1.33. The first-order chi connectivity index (χ1) is 5.61. The zero-order chi connectivity index (χ0) is 9.14. The fraction of sp³-hybridized carbons (Fsp3) is 0. The van der Waals surface area contributed by atoms with E-state index in [1.807, 2.05) is 0 Å². The lowest BCUT2D eigenvalue weighted by Gasteiger charge is -1.92. The molecule has 0 unspecified atom stereocenters. The van der Waals surface area contributed by atoms with Gasteiger partial charge in [-0.05, 0) is 12.1 Å². The van der Waals surface area contributed by atoms with Crippen LogP contribution in [0.2, 0.25) is 0 Å². The molecule has 5 nitrogen and oxygen atoms in total. The summed E-state index contributed by atoms with van der Waals surface area (Å²) in [4.78, 5) is 19.9. The third-order valence-corrected chi connectivity index (χ3v) is 1.33. The normalized spacial score (nSPS) is 8.62. The molecule has 0 heterocycles. The highest BCUT2D eigenvalue weighted by Gasteiger charge is 2.06. The molecule has 13 heavy (non-hydrogen) atoms. The van der Waals surface area contributed by atoms with Gasteiger partial charge in [0.25, 0.3) is 5.69 Å². The second-order valence-corrected chi connectivity index (χ2v) is 2.11. The van der Waals surface area contributed by atoms with E-state index < -0.39 is 10.9 Å². The van der Waals surface area contributed by atoms with Crippen LogP contribution in [-0.4, -0.2) is 16.0 Å². The summed E-state index contributed by atoms with van der Waals surface area (Å²) >= 11 is 0. The first-order valence-electron chi connectivity index (χ1n) is 3.09. The minimum atomic E-state index is -1.09. The van der Waals surface area contributed by atoms with E-state index in [0.29, 0.717) is 0 Å². The molecule has 0 aliphatic carbocycles. The molecule has 0 aliphatic heterocycles. The predicted octanol–water partition coefficient (Wildman–Crippen LogP) is 1.87. The van der Waals surface area contributed by atoms with Crippen LogP contribution in [0.3, 0.4) is 0 Å². The predicted molar refractivity (Wildman–Crippen MR) is 50.4 cm³/mol. The van der Waals surface area contributed by atoms with Crippen LogP contribution in [0.15, 0.2) is 24.3 Å². The molecule has 70 valence electrons. The standard InChI is InChI=1S/C7H5NO4.BrH/c9-7(10)5-1-3-6(4-2-5)8(11)12;/h1-4H,(H,9,10);1H. The number of carboxylic acid groups (broad SMARTS) is 1. The van der Waals surface area contributed by atoms with Crippen molar-refractivity contribution < 1.29 is 14.8 Å². The summed E-state index contributed by atoms with van der Waals surface area (Å²) in [5, 5.41) is 18.6. The molecule has 0 atom stereocenters. The Labute approximate surface area is 83.9 Å². The molecule has 0 aromatic heterocycles. The quantitative estimate of drug-likeness (QED) is 0.639. The van der Waals surface area contributed by atoms with Crippen molar-refractivity contribution in [2.24, 2.45) is 0 Å². The molecule has 0 aliphatic rings. The number of nitrogens with zero attached hydrogens (tertiary/aromatic N) is 1. The summed E-state index contributed by atoms with van der Waals surface area (Å²) in [6, 6.07) is 4.70. The van der Waals surface area contributed by atoms with Gasteiger partial charge in [-0.3, -0.25) is 10.1 Å². The SMILES string of the molecule is Br.O=C(O)c1ccc([N+](=O)[O-])cc1. The van der Waals surface area contributed by atoms with Gasteiger partial charge >= 0.3 is 5.97 Å². The number of hydrogen-bond donors (Lipinski definition) is 1. The Balaban J connectivity index is 0.00000144. The largest absolute Gasteiger partial charge is 0.478 e. The van der Waals surface area contributed by atoms with Crippen molar-refractivity contribution in [3.05, 3.63) is 39.9 Å². The highest BCUT2D eigenvalue weighted by Crippen LogP contribution is 2.11. The molecule has 1 aromatic rings. The topological polar surface area (TPSA) is 80.4 Å². The Morgan fingerprint density at radius 1 is 1.31 bits per heavy atom. The fourth-order valence-corrected chi connectivity index (χ4v) is 0.726. The molecule has 0 fully saturated rings. The molecule has 0 bridgehead atoms. The summed E-state index contributed by atoms with van der Waals surface area (Å²) < 4.78 is 0. The van der Waals surface area contributed by atoms with Crippen molar-refractivity contribution in [3.8, 4) is 0 Å². The van der Waals surface area contributed by atoms with Crippen LogP contribution in [0.1, 0.15) is 10.4 Å². The Morgan fingerprint density at radius 3 is 2.08 bits per heavy atom. The number of hydrogen-bond acceptors (Lipinski definition) is 3. The number of benzene rings is 1. The van der Waals surface area contributed by atoms with Gasteiger partial charge in [-0.15, -0.1) is 17.0 Å². The molecular formula is C7H6BrNO4. The Bertz CT molecular complexity index is 289. The molecule has 6 heteroatoms. The summed E-state index contributed by atoms with van der Waals surface area (Å²) in [5.41, 5.74) is -0.0689. The number of non-ortho nitro benzene ring substituents is 1. The summed E-state index contributed by atoms with van der Waals surface area (Å²) in [6.45, 7) is 0. The molecule has 1 rings (SSSR count). The minimum absolute atomic E-state index is 0. The molecule has 0 saturated carbocycles. The van der Waals surface area contributed by atoms with Crippen LogP contribution in [-0.2, 0) is 0 Å². The molecule has 1 N–H and O–H groups in total. The maximum absolute atomic E-state index is 10.3. The monoisotopic (exact) mass is 247 g/mol. The van der Waals surface area contributed by atoms with Crippen molar-refractivity contribution in [1.82, 2.24) is 0 Å². The van der Waals surface area contributed by atoms with Gasteiger partial charge in [0, 0.05) is 12.1 Å². The van der Waals surface area contributed by atoms with E-state index in [-0.39, 0.29) is 28.2 Å².